The third-order valence-electron chi connectivity index (χ3n) is 4.11. The number of nitriles is 1. The molecule has 26 heavy (non-hydrogen) atoms. The van der Waals surface area contributed by atoms with Crippen LogP contribution < -0.4 is 15.4 Å². The van der Waals surface area contributed by atoms with Crippen LogP contribution in [0.15, 0.2) is 48.5 Å². The van der Waals surface area contributed by atoms with E-state index >= 15 is 0 Å². The van der Waals surface area contributed by atoms with Gasteiger partial charge in [-0.25, -0.2) is 0 Å². The number of benzene rings is 2. The molecule has 0 aliphatic heterocycles. The molecule has 6 nitrogen and oxygen atoms in total. The molecule has 0 bridgehead atoms. The van der Waals surface area contributed by atoms with Crippen molar-refractivity contribution in [3.05, 3.63) is 65.2 Å². The van der Waals surface area contributed by atoms with Crippen molar-refractivity contribution in [1.29, 1.82) is 5.26 Å². The van der Waals surface area contributed by atoms with Crippen molar-refractivity contribution in [3.8, 4) is 11.8 Å². The Kier molecular flexibility index (Phi) is 6.73. The molecule has 1 amide bonds. The summed E-state index contributed by atoms with van der Waals surface area (Å²) in [5.74, 6) is 0.451. The van der Waals surface area contributed by atoms with Crippen LogP contribution in [0.4, 0.5) is 0 Å². The zero-order chi connectivity index (χ0) is 19.0. The quantitative estimate of drug-likeness (QED) is 0.672. The van der Waals surface area contributed by atoms with Crippen LogP contribution in [0.25, 0.3) is 0 Å². The van der Waals surface area contributed by atoms with E-state index in [0.717, 1.165) is 11.1 Å². The molecule has 2 aromatic rings. The van der Waals surface area contributed by atoms with Gasteiger partial charge in [-0.15, -0.1) is 0 Å². The van der Waals surface area contributed by atoms with Crippen LogP contribution in [0, 0.1) is 11.3 Å². The summed E-state index contributed by atoms with van der Waals surface area (Å²) in [6, 6.07) is 16.9. The maximum Gasteiger partial charge on any atom is 0.242 e. The van der Waals surface area contributed by atoms with Crippen LogP contribution in [-0.2, 0) is 17.9 Å². The normalized spacial score (nSPS) is 12.7. The van der Waals surface area contributed by atoms with Gasteiger partial charge < -0.3 is 15.2 Å². The first-order valence-corrected chi connectivity index (χ1v) is 8.29. The molecule has 2 aromatic carbocycles. The highest BCUT2D eigenvalue weighted by atomic mass is 16.5. The Morgan fingerprint density at radius 1 is 1.23 bits per heavy atom. The molecule has 0 heterocycles. The fourth-order valence-corrected chi connectivity index (χ4v) is 2.38. The molecule has 2 rings (SSSR count). The minimum atomic E-state index is -1.03. The lowest BCUT2D eigenvalue weighted by molar-refractivity contribution is -0.128. The highest BCUT2D eigenvalue weighted by molar-refractivity contribution is 5.85. The van der Waals surface area contributed by atoms with Crippen molar-refractivity contribution in [2.24, 2.45) is 0 Å². The molecule has 0 radical (unpaired) electrons. The zero-order valence-corrected chi connectivity index (χ0v) is 15.0. The minimum absolute atomic E-state index is 0.264. The van der Waals surface area contributed by atoms with E-state index in [4.69, 9.17) is 10.00 Å². The van der Waals surface area contributed by atoms with Gasteiger partial charge in [0.2, 0.25) is 5.91 Å². The third-order valence-corrected chi connectivity index (χ3v) is 4.11. The predicted octanol–water partition coefficient (Wildman–Crippen LogP) is 1.72. The molecule has 0 saturated heterocycles. The number of nitrogens with one attached hydrogen (secondary N) is 2. The number of amides is 1. The topological polar surface area (TPSA) is 94.4 Å². The number of nitrogens with zero attached hydrogens (tertiary/aromatic N) is 1. The lowest BCUT2D eigenvalue weighted by atomic mass is 10.0. The number of aliphatic hydroxyl groups is 1. The van der Waals surface area contributed by atoms with E-state index in [1.165, 1.54) is 7.05 Å². The first-order valence-electron chi connectivity index (χ1n) is 8.29. The van der Waals surface area contributed by atoms with E-state index in [1.807, 2.05) is 36.4 Å². The van der Waals surface area contributed by atoms with Crippen molar-refractivity contribution in [1.82, 2.24) is 10.6 Å². The molecular formula is C20H23N3O3. The van der Waals surface area contributed by atoms with Gasteiger partial charge in [-0.2, -0.15) is 5.26 Å². The number of ether oxygens (including phenoxy) is 1. The number of likely N-dealkylation sites (N-methyl/N-ethyl adjacent to an activating group) is 1. The van der Waals surface area contributed by atoms with Crippen LogP contribution in [0.3, 0.4) is 0 Å². The Hall–Kier alpha value is -2.88. The van der Waals surface area contributed by atoms with Crippen LogP contribution in [0.5, 0.6) is 5.75 Å². The van der Waals surface area contributed by atoms with Crippen molar-refractivity contribution in [3.63, 3.8) is 0 Å². The van der Waals surface area contributed by atoms with E-state index < -0.39 is 5.54 Å². The van der Waals surface area contributed by atoms with E-state index in [2.05, 4.69) is 16.7 Å². The van der Waals surface area contributed by atoms with Crippen molar-refractivity contribution >= 4 is 5.91 Å². The molecule has 0 spiro atoms. The molecule has 0 aliphatic carbocycles. The second-order valence-electron chi connectivity index (χ2n) is 6.17. The number of aliphatic hydroxyl groups excluding tert-OH is 1. The van der Waals surface area contributed by atoms with Gasteiger partial charge in [0.15, 0.2) is 0 Å². The highest BCUT2D eigenvalue weighted by Gasteiger charge is 2.30. The molecular weight excluding hydrogens is 330 g/mol. The van der Waals surface area contributed by atoms with Gasteiger partial charge in [-0.05, 0) is 42.3 Å². The van der Waals surface area contributed by atoms with Crippen LogP contribution >= 0.6 is 0 Å². The number of carbonyl (C=O) groups is 1. The Morgan fingerprint density at radius 3 is 2.58 bits per heavy atom. The summed E-state index contributed by atoms with van der Waals surface area (Å²) in [7, 11) is 1.54. The SMILES string of the molecule is CNC(=O)C(C)(CO)NCc1ccc(OCc2cccc(C#N)c2)cc1. The monoisotopic (exact) mass is 353 g/mol. The van der Waals surface area contributed by atoms with Gasteiger partial charge in [0.25, 0.3) is 0 Å². The minimum Gasteiger partial charge on any atom is -0.489 e. The molecule has 0 fully saturated rings. The van der Waals surface area contributed by atoms with Gasteiger partial charge >= 0.3 is 0 Å². The Morgan fingerprint density at radius 2 is 1.96 bits per heavy atom. The summed E-state index contributed by atoms with van der Waals surface area (Å²) in [4.78, 5) is 11.8. The highest BCUT2D eigenvalue weighted by Crippen LogP contribution is 2.15. The standard InChI is InChI=1S/C20H23N3O3/c1-20(14-24,19(25)22-2)23-12-15-6-8-18(9-7-15)26-13-17-5-3-4-16(10-17)11-21/h3-10,23-24H,12-14H2,1-2H3,(H,22,25). The average Bonchev–Trinajstić information content (AvgIpc) is 2.70. The second kappa shape index (κ2) is 8.99. The summed E-state index contributed by atoms with van der Waals surface area (Å²) in [5, 5.41) is 24.0. The molecule has 1 atom stereocenters. The van der Waals surface area contributed by atoms with Crippen LogP contribution in [0.2, 0.25) is 0 Å². The maximum absolute atomic E-state index is 11.8. The summed E-state index contributed by atoms with van der Waals surface area (Å²) in [5.41, 5.74) is 1.47. The van der Waals surface area contributed by atoms with Crippen molar-refractivity contribution in [2.45, 2.75) is 25.6 Å². The lowest BCUT2D eigenvalue weighted by Gasteiger charge is -2.26. The van der Waals surface area contributed by atoms with Gasteiger partial charge in [0.1, 0.15) is 17.9 Å². The summed E-state index contributed by atoms with van der Waals surface area (Å²) >= 11 is 0. The fourth-order valence-electron chi connectivity index (χ4n) is 2.38. The van der Waals surface area contributed by atoms with Gasteiger partial charge in [0, 0.05) is 13.6 Å². The maximum atomic E-state index is 11.8. The summed E-state index contributed by atoms with van der Waals surface area (Å²) in [6.45, 7) is 2.18. The number of carbonyl (C=O) groups excluding carboxylic acids is 1. The molecule has 136 valence electrons. The number of hydrogen-bond acceptors (Lipinski definition) is 5. The summed E-state index contributed by atoms with van der Waals surface area (Å²) < 4.78 is 5.73. The smallest absolute Gasteiger partial charge is 0.242 e. The van der Waals surface area contributed by atoms with Gasteiger partial charge in [0.05, 0.1) is 18.2 Å². The van der Waals surface area contributed by atoms with E-state index in [1.54, 1.807) is 19.1 Å². The predicted molar refractivity (Wildman–Crippen MR) is 98.3 cm³/mol. The Labute approximate surface area is 153 Å². The number of rotatable bonds is 8. The molecule has 0 aliphatic rings. The number of hydrogen-bond donors (Lipinski definition) is 3. The summed E-state index contributed by atoms with van der Waals surface area (Å²) in [6.07, 6.45) is 0. The molecule has 0 saturated carbocycles. The molecule has 3 N–H and O–H groups in total. The Balaban J connectivity index is 1.91. The molecule has 6 heteroatoms. The first kappa shape index (κ1) is 19.4. The largest absolute Gasteiger partial charge is 0.489 e. The average molecular weight is 353 g/mol. The Bertz CT molecular complexity index is 784. The fraction of sp³-hybridized carbons (Fsp3) is 0.300. The van der Waals surface area contributed by atoms with Crippen molar-refractivity contribution in [2.75, 3.05) is 13.7 Å². The van der Waals surface area contributed by atoms with E-state index in [0.29, 0.717) is 24.5 Å². The third kappa shape index (κ3) is 5.06. The molecule has 1 unspecified atom stereocenters. The van der Waals surface area contributed by atoms with Gasteiger partial charge in [-0.3, -0.25) is 10.1 Å². The molecule has 0 aromatic heterocycles. The van der Waals surface area contributed by atoms with Crippen LogP contribution in [-0.4, -0.2) is 30.2 Å². The second-order valence-corrected chi connectivity index (χ2v) is 6.17. The van der Waals surface area contributed by atoms with Crippen LogP contribution in [0.1, 0.15) is 23.6 Å². The first-order chi connectivity index (χ1) is 12.5. The lowest BCUT2D eigenvalue weighted by Crippen LogP contribution is -2.56. The zero-order valence-electron chi connectivity index (χ0n) is 15.0. The van der Waals surface area contributed by atoms with E-state index in [9.17, 15) is 9.90 Å². The van der Waals surface area contributed by atoms with E-state index in [-0.39, 0.29) is 12.5 Å². The van der Waals surface area contributed by atoms with Gasteiger partial charge in [-0.1, -0.05) is 24.3 Å². The van der Waals surface area contributed by atoms with Crippen molar-refractivity contribution < 1.29 is 14.6 Å².